The third-order valence-electron chi connectivity index (χ3n) is 5.52. The lowest BCUT2D eigenvalue weighted by atomic mass is 9.73. The first-order valence-corrected chi connectivity index (χ1v) is 8.16. The van der Waals surface area contributed by atoms with E-state index in [-0.39, 0.29) is 30.9 Å². The van der Waals surface area contributed by atoms with Gasteiger partial charge in [-0.05, 0) is 48.9 Å². The molecule has 5 heteroatoms. The predicted molar refractivity (Wildman–Crippen MR) is 103 cm³/mol. The lowest BCUT2D eigenvalue weighted by Gasteiger charge is -2.50. The van der Waals surface area contributed by atoms with E-state index in [1.165, 1.54) is 6.42 Å². The molecule has 0 amide bonds. The SMILES string of the molecule is C=CC1CN2CC[C@@H]1CC2C(O)c1ccnc2ccccc12.Cl.Cl. The molecular weight excluding hydrogens is 343 g/mol. The van der Waals surface area contributed by atoms with Gasteiger partial charge in [0.25, 0.3) is 0 Å². The number of aliphatic hydroxyl groups excluding tert-OH is 1. The Bertz CT molecular complexity index is 703. The van der Waals surface area contributed by atoms with Gasteiger partial charge in [-0.15, -0.1) is 31.4 Å². The molecule has 3 aliphatic heterocycles. The zero-order valence-electron chi connectivity index (χ0n) is 13.5. The van der Waals surface area contributed by atoms with Crippen molar-refractivity contribution in [3.05, 3.63) is 54.7 Å². The number of hydrogen-bond acceptors (Lipinski definition) is 3. The van der Waals surface area contributed by atoms with E-state index >= 15 is 0 Å². The minimum absolute atomic E-state index is 0. The fourth-order valence-electron chi connectivity index (χ4n) is 4.29. The number of rotatable bonds is 3. The van der Waals surface area contributed by atoms with Gasteiger partial charge in [0.2, 0.25) is 0 Å². The van der Waals surface area contributed by atoms with Gasteiger partial charge >= 0.3 is 0 Å². The summed E-state index contributed by atoms with van der Waals surface area (Å²) in [6.07, 6.45) is 5.76. The van der Waals surface area contributed by atoms with E-state index in [1.54, 1.807) is 0 Å². The Morgan fingerprint density at radius 3 is 2.75 bits per heavy atom. The maximum atomic E-state index is 11.0. The van der Waals surface area contributed by atoms with Crippen molar-refractivity contribution in [3.63, 3.8) is 0 Å². The first kappa shape index (κ1) is 19.2. The summed E-state index contributed by atoms with van der Waals surface area (Å²) >= 11 is 0. The van der Waals surface area contributed by atoms with E-state index in [0.717, 1.165) is 36.0 Å². The predicted octanol–water partition coefficient (Wildman–Crippen LogP) is 4.01. The molecule has 4 unspecified atom stereocenters. The Labute approximate surface area is 155 Å². The average Bonchev–Trinajstić information content (AvgIpc) is 2.60. The fraction of sp³-hybridized carbons (Fsp3) is 0.421. The third-order valence-corrected chi connectivity index (χ3v) is 5.52. The number of para-hydroxylation sites is 1. The van der Waals surface area contributed by atoms with Crippen LogP contribution >= 0.6 is 24.8 Å². The summed E-state index contributed by atoms with van der Waals surface area (Å²) < 4.78 is 0. The molecule has 130 valence electrons. The number of halogens is 2. The van der Waals surface area contributed by atoms with Crippen molar-refractivity contribution >= 4 is 35.7 Å². The van der Waals surface area contributed by atoms with Gasteiger partial charge < -0.3 is 5.11 Å². The van der Waals surface area contributed by atoms with Crippen LogP contribution in [0.3, 0.4) is 0 Å². The normalized spacial score (nSPS) is 29.4. The quantitative estimate of drug-likeness (QED) is 0.833. The molecule has 0 spiro atoms. The van der Waals surface area contributed by atoms with Crippen LogP contribution in [-0.4, -0.2) is 34.1 Å². The Morgan fingerprint density at radius 2 is 2.04 bits per heavy atom. The molecule has 2 aromatic rings. The highest BCUT2D eigenvalue weighted by molar-refractivity contribution is 5.85. The van der Waals surface area contributed by atoms with Crippen LogP contribution in [0.15, 0.2) is 49.2 Å². The van der Waals surface area contributed by atoms with Gasteiger partial charge in [0.05, 0.1) is 11.6 Å². The maximum absolute atomic E-state index is 11.0. The van der Waals surface area contributed by atoms with Gasteiger partial charge in [-0.25, -0.2) is 0 Å². The summed E-state index contributed by atoms with van der Waals surface area (Å²) in [5, 5.41) is 12.1. The summed E-state index contributed by atoms with van der Waals surface area (Å²) in [5.41, 5.74) is 1.97. The number of aliphatic hydroxyl groups is 1. The lowest BCUT2D eigenvalue weighted by molar-refractivity contribution is -0.0444. The standard InChI is InChI=1S/C19H22N2O.2ClH/c1-2-13-12-21-10-8-14(13)11-18(21)19(22)16-7-9-20-17-6-4-3-5-15(16)17;;/h2-7,9,13-14,18-19,22H,1,8,10-12H2;2*1H/t13?,14-,18?,19?;;/m1../s1. The van der Waals surface area contributed by atoms with Crippen molar-refractivity contribution in [2.45, 2.75) is 25.0 Å². The molecule has 0 saturated carbocycles. The highest BCUT2D eigenvalue weighted by Crippen LogP contribution is 2.41. The number of benzene rings is 1. The topological polar surface area (TPSA) is 36.4 Å². The molecule has 1 aromatic carbocycles. The molecule has 5 atom stereocenters. The molecule has 1 aromatic heterocycles. The Balaban J connectivity index is 0.00000104. The van der Waals surface area contributed by atoms with E-state index in [9.17, 15) is 5.11 Å². The summed E-state index contributed by atoms with van der Waals surface area (Å²) in [7, 11) is 0. The molecule has 3 fully saturated rings. The Morgan fingerprint density at radius 1 is 1.25 bits per heavy atom. The number of nitrogens with zero attached hydrogens (tertiary/aromatic N) is 2. The van der Waals surface area contributed by atoms with Gasteiger partial charge in [0.15, 0.2) is 0 Å². The summed E-state index contributed by atoms with van der Waals surface area (Å²) in [5.74, 6) is 1.27. The van der Waals surface area contributed by atoms with E-state index in [1.807, 2.05) is 30.5 Å². The molecule has 2 bridgehead atoms. The zero-order valence-corrected chi connectivity index (χ0v) is 15.2. The number of piperidine rings is 3. The fourth-order valence-corrected chi connectivity index (χ4v) is 4.29. The molecule has 0 radical (unpaired) electrons. The summed E-state index contributed by atoms with van der Waals surface area (Å²) in [6, 6.07) is 10.3. The van der Waals surface area contributed by atoms with Gasteiger partial charge in [-0.2, -0.15) is 0 Å². The summed E-state index contributed by atoms with van der Waals surface area (Å²) in [6.45, 7) is 6.11. The molecule has 3 saturated heterocycles. The number of pyridine rings is 1. The van der Waals surface area contributed by atoms with Crippen LogP contribution in [-0.2, 0) is 0 Å². The lowest BCUT2D eigenvalue weighted by Crippen LogP contribution is -2.54. The van der Waals surface area contributed by atoms with Crippen LogP contribution in [0.25, 0.3) is 10.9 Å². The number of hydrogen-bond donors (Lipinski definition) is 1. The Kier molecular flexibility index (Phi) is 6.27. The second-order valence-electron chi connectivity index (χ2n) is 6.61. The van der Waals surface area contributed by atoms with Gasteiger partial charge in [0.1, 0.15) is 0 Å². The molecule has 24 heavy (non-hydrogen) atoms. The van der Waals surface area contributed by atoms with Crippen molar-refractivity contribution in [1.29, 1.82) is 0 Å². The molecule has 1 N–H and O–H groups in total. The molecule has 3 nitrogen and oxygen atoms in total. The van der Waals surface area contributed by atoms with Crippen molar-refractivity contribution in [3.8, 4) is 0 Å². The van der Waals surface area contributed by atoms with Crippen LogP contribution in [0.4, 0.5) is 0 Å². The number of fused-ring (bicyclic) bond motifs is 4. The molecule has 3 aliphatic rings. The van der Waals surface area contributed by atoms with Crippen LogP contribution in [0.5, 0.6) is 0 Å². The largest absolute Gasteiger partial charge is 0.387 e. The minimum atomic E-state index is -0.443. The molecule has 4 heterocycles. The van der Waals surface area contributed by atoms with Gasteiger partial charge in [-0.1, -0.05) is 24.3 Å². The van der Waals surface area contributed by atoms with E-state index in [2.05, 4.69) is 28.6 Å². The van der Waals surface area contributed by atoms with Crippen molar-refractivity contribution in [2.75, 3.05) is 13.1 Å². The molecule has 5 rings (SSSR count). The average molecular weight is 367 g/mol. The first-order chi connectivity index (χ1) is 10.8. The zero-order chi connectivity index (χ0) is 15.1. The van der Waals surface area contributed by atoms with Gasteiger partial charge in [-0.3, -0.25) is 9.88 Å². The van der Waals surface area contributed by atoms with Crippen LogP contribution in [0.2, 0.25) is 0 Å². The van der Waals surface area contributed by atoms with Crippen LogP contribution in [0.1, 0.15) is 24.5 Å². The minimum Gasteiger partial charge on any atom is -0.387 e. The van der Waals surface area contributed by atoms with E-state index in [0.29, 0.717) is 11.8 Å². The Hall–Kier alpha value is -1.13. The van der Waals surface area contributed by atoms with E-state index < -0.39 is 6.10 Å². The second kappa shape index (κ2) is 7.83. The second-order valence-corrected chi connectivity index (χ2v) is 6.61. The van der Waals surface area contributed by atoms with Gasteiger partial charge in [0, 0.05) is 24.2 Å². The summed E-state index contributed by atoms with van der Waals surface area (Å²) in [4.78, 5) is 6.86. The van der Waals surface area contributed by atoms with Crippen LogP contribution < -0.4 is 0 Å². The van der Waals surface area contributed by atoms with Crippen molar-refractivity contribution in [2.24, 2.45) is 11.8 Å². The smallest absolute Gasteiger partial charge is 0.0952 e. The van der Waals surface area contributed by atoms with Crippen molar-refractivity contribution < 1.29 is 5.11 Å². The van der Waals surface area contributed by atoms with Crippen LogP contribution in [0, 0.1) is 11.8 Å². The monoisotopic (exact) mass is 366 g/mol. The molecular formula is C19H24Cl2N2O. The van der Waals surface area contributed by atoms with E-state index in [4.69, 9.17) is 0 Å². The van der Waals surface area contributed by atoms with Crippen molar-refractivity contribution in [1.82, 2.24) is 9.88 Å². The molecule has 0 aliphatic carbocycles. The maximum Gasteiger partial charge on any atom is 0.0952 e. The highest BCUT2D eigenvalue weighted by atomic mass is 35.5. The number of aromatic nitrogens is 1. The third kappa shape index (κ3) is 3.18. The highest BCUT2D eigenvalue weighted by Gasteiger charge is 2.42. The first-order valence-electron chi connectivity index (χ1n) is 8.16.